The van der Waals surface area contributed by atoms with E-state index in [0.29, 0.717) is 18.2 Å². The molecule has 1 aliphatic rings. The van der Waals surface area contributed by atoms with Gasteiger partial charge in [-0.1, -0.05) is 43.7 Å². The molecule has 5 heteroatoms. The molecule has 5 nitrogen and oxygen atoms in total. The van der Waals surface area contributed by atoms with Gasteiger partial charge in [-0.2, -0.15) is 5.10 Å². The fraction of sp³-hybridized carbons (Fsp3) is 0.500. The smallest absolute Gasteiger partial charge is 0.222 e. The lowest BCUT2D eigenvalue weighted by Gasteiger charge is -2.31. The second-order valence-electron chi connectivity index (χ2n) is 6.17. The van der Waals surface area contributed by atoms with E-state index >= 15 is 0 Å². The number of nitrogens with zero attached hydrogens (tertiary/aromatic N) is 3. The van der Waals surface area contributed by atoms with Crippen LogP contribution in [-0.2, 0) is 4.79 Å². The molecule has 0 aliphatic carbocycles. The molecule has 1 aromatic carbocycles. The number of hydrogen-bond acceptors (Lipinski definition) is 3. The first-order valence-electron chi connectivity index (χ1n) is 8.53. The highest BCUT2D eigenvalue weighted by Gasteiger charge is 2.25. The Hall–Kier alpha value is -2.17. The van der Waals surface area contributed by atoms with Crippen molar-refractivity contribution in [1.82, 2.24) is 20.1 Å². The van der Waals surface area contributed by atoms with Crippen molar-refractivity contribution in [3.05, 3.63) is 36.2 Å². The molecule has 3 rings (SSSR count). The third kappa shape index (κ3) is 3.78. The predicted molar refractivity (Wildman–Crippen MR) is 89.9 cm³/mol. The lowest BCUT2D eigenvalue weighted by Crippen LogP contribution is -2.37. The van der Waals surface area contributed by atoms with Crippen molar-refractivity contribution in [1.29, 1.82) is 0 Å². The highest BCUT2D eigenvalue weighted by atomic mass is 16.2. The van der Waals surface area contributed by atoms with Gasteiger partial charge in [0, 0.05) is 31.0 Å². The van der Waals surface area contributed by atoms with Crippen LogP contribution >= 0.6 is 0 Å². The van der Waals surface area contributed by atoms with Gasteiger partial charge < -0.3 is 4.90 Å². The highest BCUT2D eigenvalue weighted by molar-refractivity contribution is 5.76. The molecule has 1 saturated heterocycles. The maximum absolute atomic E-state index is 12.1. The van der Waals surface area contributed by atoms with Crippen molar-refractivity contribution in [2.24, 2.45) is 0 Å². The van der Waals surface area contributed by atoms with Crippen LogP contribution in [0.2, 0.25) is 0 Å². The number of piperidine rings is 1. The molecule has 0 saturated carbocycles. The fourth-order valence-corrected chi connectivity index (χ4v) is 3.06. The Morgan fingerprint density at radius 3 is 2.70 bits per heavy atom. The number of benzene rings is 1. The number of carbonyl (C=O) groups excluding carboxylic acids is 1. The summed E-state index contributed by atoms with van der Waals surface area (Å²) in [7, 11) is 0. The van der Waals surface area contributed by atoms with Gasteiger partial charge in [-0.05, 0) is 19.3 Å². The number of likely N-dealkylation sites (tertiary alicyclic amines) is 1. The zero-order valence-electron chi connectivity index (χ0n) is 13.7. The number of rotatable bonds is 5. The van der Waals surface area contributed by atoms with Gasteiger partial charge in [0.05, 0.1) is 0 Å². The average Bonchev–Trinajstić information content (AvgIpc) is 3.11. The minimum atomic E-state index is 0.299. The van der Waals surface area contributed by atoms with E-state index in [1.54, 1.807) is 0 Å². The van der Waals surface area contributed by atoms with Crippen LogP contribution in [0.15, 0.2) is 30.3 Å². The van der Waals surface area contributed by atoms with Gasteiger partial charge in [0.2, 0.25) is 5.91 Å². The molecule has 0 spiro atoms. The quantitative estimate of drug-likeness (QED) is 0.920. The average molecular weight is 312 g/mol. The molecule has 1 fully saturated rings. The predicted octanol–water partition coefficient (Wildman–Crippen LogP) is 3.37. The van der Waals surface area contributed by atoms with Crippen LogP contribution in [0, 0.1) is 0 Å². The standard InChI is InChI=1S/C18H24N4O/c1-2-3-9-16(23)22-12-10-15(11-13-22)18-19-17(20-21-18)14-7-5-4-6-8-14/h4-8,15H,2-3,9-13H2,1H3,(H,19,20,21). The van der Waals surface area contributed by atoms with Gasteiger partial charge in [0.1, 0.15) is 5.82 Å². The van der Waals surface area contributed by atoms with Crippen LogP contribution in [-0.4, -0.2) is 39.1 Å². The number of aromatic nitrogens is 3. The summed E-state index contributed by atoms with van der Waals surface area (Å²) in [6, 6.07) is 10.0. The van der Waals surface area contributed by atoms with Gasteiger partial charge in [0.15, 0.2) is 5.82 Å². The van der Waals surface area contributed by atoms with E-state index < -0.39 is 0 Å². The van der Waals surface area contributed by atoms with Crippen LogP contribution in [0.5, 0.6) is 0 Å². The highest BCUT2D eigenvalue weighted by Crippen LogP contribution is 2.27. The Morgan fingerprint density at radius 2 is 2.00 bits per heavy atom. The summed E-state index contributed by atoms with van der Waals surface area (Å²) < 4.78 is 0. The van der Waals surface area contributed by atoms with E-state index in [-0.39, 0.29) is 0 Å². The molecule has 2 heterocycles. The van der Waals surface area contributed by atoms with Crippen LogP contribution in [0.3, 0.4) is 0 Å². The number of amides is 1. The number of H-pyrrole nitrogens is 1. The molecule has 23 heavy (non-hydrogen) atoms. The molecule has 1 aliphatic heterocycles. The molecular weight excluding hydrogens is 288 g/mol. The molecule has 2 aromatic rings. The van der Waals surface area contributed by atoms with Crippen molar-refractivity contribution < 1.29 is 4.79 Å². The summed E-state index contributed by atoms with van der Waals surface area (Å²) in [6.45, 7) is 3.77. The molecule has 1 aromatic heterocycles. The number of nitrogens with one attached hydrogen (secondary N) is 1. The summed E-state index contributed by atoms with van der Waals surface area (Å²) in [6.07, 6.45) is 4.66. The monoisotopic (exact) mass is 312 g/mol. The van der Waals surface area contributed by atoms with E-state index in [4.69, 9.17) is 0 Å². The third-order valence-electron chi connectivity index (χ3n) is 4.51. The maximum Gasteiger partial charge on any atom is 0.222 e. The number of carbonyl (C=O) groups is 1. The molecular formula is C18H24N4O. The van der Waals surface area contributed by atoms with E-state index in [2.05, 4.69) is 22.1 Å². The minimum absolute atomic E-state index is 0.299. The minimum Gasteiger partial charge on any atom is -0.343 e. The van der Waals surface area contributed by atoms with Gasteiger partial charge in [-0.3, -0.25) is 9.89 Å². The summed E-state index contributed by atoms with van der Waals surface area (Å²) in [5.74, 6) is 2.37. The molecule has 1 amide bonds. The zero-order valence-corrected chi connectivity index (χ0v) is 13.7. The SMILES string of the molecule is CCCCC(=O)N1CCC(c2nc(-c3ccccc3)n[nH]2)CC1. The molecule has 122 valence electrons. The Kier molecular flexibility index (Phi) is 5.05. The first kappa shape index (κ1) is 15.7. The van der Waals surface area contributed by atoms with E-state index in [1.165, 1.54) is 0 Å². The first-order valence-corrected chi connectivity index (χ1v) is 8.53. The molecule has 1 N–H and O–H groups in total. The fourth-order valence-electron chi connectivity index (χ4n) is 3.06. The second-order valence-corrected chi connectivity index (χ2v) is 6.17. The summed E-state index contributed by atoms with van der Waals surface area (Å²) in [4.78, 5) is 18.7. The summed E-state index contributed by atoms with van der Waals surface area (Å²) in [5, 5.41) is 7.43. The largest absolute Gasteiger partial charge is 0.343 e. The Labute approximate surface area is 137 Å². The Morgan fingerprint density at radius 1 is 1.26 bits per heavy atom. The van der Waals surface area contributed by atoms with Gasteiger partial charge in [-0.15, -0.1) is 0 Å². The lowest BCUT2D eigenvalue weighted by molar-refractivity contribution is -0.132. The van der Waals surface area contributed by atoms with Crippen molar-refractivity contribution in [2.45, 2.75) is 44.9 Å². The van der Waals surface area contributed by atoms with E-state index in [0.717, 1.165) is 56.0 Å². The van der Waals surface area contributed by atoms with Gasteiger partial charge >= 0.3 is 0 Å². The molecule has 0 bridgehead atoms. The number of aromatic amines is 1. The topological polar surface area (TPSA) is 61.9 Å². The normalized spacial score (nSPS) is 15.8. The lowest BCUT2D eigenvalue weighted by atomic mass is 9.96. The summed E-state index contributed by atoms with van der Waals surface area (Å²) in [5.41, 5.74) is 1.03. The van der Waals surface area contributed by atoms with Crippen LogP contribution < -0.4 is 0 Å². The van der Waals surface area contributed by atoms with Gasteiger partial charge in [0.25, 0.3) is 0 Å². The summed E-state index contributed by atoms with van der Waals surface area (Å²) >= 11 is 0. The van der Waals surface area contributed by atoms with Crippen molar-refractivity contribution in [3.63, 3.8) is 0 Å². The van der Waals surface area contributed by atoms with Crippen LogP contribution in [0.1, 0.15) is 50.8 Å². The van der Waals surface area contributed by atoms with Crippen LogP contribution in [0.25, 0.3) is 11.4 Å². The Bertz CT molecular complexity index is 629. The molecule has 0 radical (unpaired) electrons. The van der Waals surface area contributed by atoms with Gasteiger partial charge in [-0.25, -0.2) is 4.98 Å². The third-order valence-corrected chi connectivity index (χ3v) is 4.51. The van der Waals surface area contributed by atoms with Crippen molar-refractivity contribution in [3.8, 4) is 11.4 Å². The van der Waals surface area contributed by atoms with Crippen molar-refractivity contribution >= 4 is 5.91 Å². The maximum atomic E-state index is 12.1. The number of unbranched alkanes of at least 4 members (excludes halogenated alkanes) is 1. The first-order chi connectivity index (χ1) is 11.3. The Balaban J connectivity index is 1.58. The van der Waals surface area contributed by atoms with E-state index in [1.807, 2.05) is 35.2 Å². The molecule has 0 atom stereocenters. The number of hydrogen-bond donors (Lipinski definition) is 1. The van der Waals surface area contributed by atoms with E-state index in [9.17, 15) is 4.79 Å². The van der Waals surface area contributed by atoms with Crippen molar-refractivity contribution in [2.75, 3.05) is 13.1 Å². The molecule has 0 unspecified atom stereocenters. The van der Waals surface area contributed by atoms with Crippen LogP contribution in [0.4, 0.5) is 0 Å². The second kappa shape index (κ2) is 7.40. The zero-order chi connectivity index (χ0) is 16.1.